The van der Waals surface area contributed by atoms with E-state index in [1.54, 1.807) is 6.07 Å². The van der Waals surface area contributed by atoms with Crippen molar-refractivity contribution in [3.05, 3.63) is 29.6 Å². The van der Waals surface area contributed by atoms with E-state index < -0.39 is 11.8 Å². The van der Waals surface area contributed by atoms with Gasteiger partial charge in [0.15, 0.2) is 0 Å². The molecule has 1 aromatic carbocycles. The molecule has 1 rings (SSSR count). The first kappa shape index (κ1) is 14.4. The Hall–Kier alpha value is -1.62. The van der Waals surface area contributed by atoms with Crippen molar-refractivity contribution in [2.45, 2.75) is 19.8 Å². The molecule has 0 aliphatic carbocycles. The molecule has 5 heteroatoms. The maximum Gasteiger partial charge on any atom is 0.340 e. The highest BCUT2D eigenvalue weighted by atomic mass is 19.1. The minimum atomic E-state index is -1.28. The van der Waals surface area contributed by atoms with E-state index in [-0.39, 0.29) is 18.1 Å². The SMILES string of the molecule is CC(CO)CCCNc1cccc(F)c1C(=O)O. The molecule has 0 radical (unpaired) electrons. The molecule has 0 saturated heterocycles. The van der Waals surface area contributed by atoms with Gasteiger partial charge in [-0.15, -0.1) is 0 Å². The van der Waals surface area contributed by atoms with Crippen molar-refractivity contribution in [2.75, 3.05) is 18.5 Å². The number of benzene rings is 1. The lowest BCUT2D eigenvalue weighted by atomic mass is 10.1. The molecular formula is C13H18FNO3. The van der Waals surface area contributed by atoms with Crippen LogP contribution in [0.25, 0.3) is 0 Å². The summed E-state index contributed by atoms with van der Waals surface area (Å²) in [4.78, 5) is 10.9. The normalized spacial score (nSPS) is 12.2. The number of carbonyl (C=O) groups is 1. The smallest absolute Gasteiger partial charge is 0.340 e. The zero-order chi connectivity index (χ0) is 13.5. The molecule has 0 bridgehead atoms. The molecule has 0 aromatic heterocycles. The van der Waals surface area contributed by atoms with Crippen LogP contribution in [0.1, 0.15) is 30.1 Å². The Morgan fingerprint density at radius 2 is 2.22 bits per heavy atom. The van der Waals surface area contributed by atoms with E-state index in [4.69, 9.17) is 10.2 Å². The number of nitrogens with one attached hydrogen (secondary N) is 1. The molecule has 1 aromatic rings. The van der Waals surface area contributed by atoms with E-state index in [1.807, 2.05) is 6.92 Å². The summed E-state index contributed by atoms with van der Waals surface area (Å²) >= 11 is 0. The summed E-state index contributed by atoms with van der Waals surface area (Å²) in [5.74, 6) is -1.80. The van der Waals surface area contributed by atoms with Gasteiger partial charge in [0.25, 0.3) is 0 Å². The van der Waals surface area contributed by atoms with E-state index in [2.05, 4.69) is 5.32 Å². The minimum absolute atomic E-state index is 0.139. The van der Waals surface area contributed by atoms with E-state index in [9.17, 15) is 9.18 Å². The average molecular weight is 255 g/mol. The third-order valence-electron chi connectivity index (χ3n) is 2.73. The summed E-state index contributed by atoms with van der Waals surface area (Å²) in [5, 5.41) is 20.7. The number of anilines is 1. The van der Waals surface area contributed by atoms with Crippen molar-refractivity contribution >= 4 is 11.7 Å². The molecule has 0 aliphatic rings. The predicted molar refractivity (Wildman–Crippen MR) is 67.3 cm³/mol. The van der Waals surface area contributed by atoms with Crippen molar-refractivity contribution in [2.24, 2.45) is 5.92 Å². The highest BCUT2D eigenvalue weighted by Crippen LogP contribution is 2.19. The van der Waals surface area contributed by atoms with Gasteiger partial charge < -0.3 is 15.5 Å². The van der Waals surface area contributed by atoms with Crippen molar-refractivity contribution < 1.29 is 19.4 Å². The highest BCUT2D eigenvalue weighted by Gasteiger charge is 2.14. The van der Waals surface area contributed by atoms with Gasteiger partial charge in [0.05, 0.1) is 5.69 Å². The number of carboxylic acids is 1. The summed E-state index contributed by atoms with van der Waals surface area (Å²) in [5.41, 5.74) is -0.0353. The van der Waals surface area contributed by atoms with Gasteiger partial charge in [0.1, 0.15) is 11.4 Å². The first-order chi connectivity index (χ1) is 8.56. The molecule has 0 amide bonds. The molecule has 18 heavy (non-hydrogen) atoms. The molecule has 0 spiro atoms. The lowest BCUT2D eigenvalue weighted by Gasteiger charge is -2.11. The number of aromatic carboxylic acids is 1. The van der Waals surface area contributed by atoms with Crippen molar-refractivity contribution in [1.82, 2.24) is 0 Å². The van der Waals surface area contributed by atoms with E-state index in [1.165, 1.54) is 6.07 Å². The predicted octanol–water partition coefficient (Wildman–Crippen LogP) is 2.34. The third kappa shape index (κ3) is 4.00. The maximum atomic E-state index is 13.3. The molecular weight excluding hydrogens is 237 g/mol. The van der Waals surface area contributed by atoms with Crippen LogP contribution >= 0.6 is 0 Å². The van der Waals surface area contributed by atoms with Gasteiger partial charge in [-0.05, 0) is 30.9 Å². The molecule has 0 saturated carbocycles. The number of halogens is 1. The van der Waals surface area contributed by atoms with Crippen LogP contribution in [0.4, 0.5) is 10.1 Å². The van der Waals surface area contributed by atoms with Crippen LogP contribution in [-0.4, -0.2) is 29.3 Å². The van der Waals surface area contributed by atoms with Gasteiger partial charge >= 0.3 is 5.97 Å². The summed E-state index contributed by atoms with van der Waals surface area (Å²) in [7, 11) is 0. The minimum Gasteiger partial charge on any atom is -0.478 e. The number of hydrogen-bond acceptors (Lipinski definition) is 3. The molecule has 0 heterocycles. The zero-order valence-corrected chi connectivity index (χ0v) is 10.3. The van der Waals surface area contributed by atoms with Gasteiger partial charge in [0, 0.05) is 13.2 Å². The molecule has 3 N–H and O–H groups in total. The first-order valence-electron chi connectivity index (χ1n) is 5.92. The van der Waals surface area contributed by atoms with Crippen LogP contribution < -0.4 is 5.32 Å². The quantitative estimate of drug-likeness (QED) is 0.654. The van der Waals surface area contributed by atoms with Crippen LogP contribution in [0.3, 0.4) is 0 Å². The number of aliphatic hydroxyl groups is 1. The topological polar surface area (TPSA) is 69.6 Å². The Bertz CT molecular complexity index is 409. The van der Waals surface area contributed by atoms with E-state index >= 15 is 0 Å². The van der Waals surface area contributed by atoms with Gasteiger partial charge in [0.2, 0.25) is 0 Å². The summed E-state index contributed by atoms with van der Waals surface area (Å²) < 4.78 is 13.3. The van der Waals surface area contributed by atoms with Crippen LogP contribution in [0.2, 0.25) is 0 Å². The Morgan fingerprint density at radius 3 is 2.83 bits per heavy atom. The number of aliphatic hydroxyl groups excluding tert-OH is 1. The number of carboxylic acid groups (broad SMARTS) is 1. The Labute approximate surface area is 105 Å². The fourth-order valence-corrected chi connectivity index (χ4v) is 1.65. The number of rotatable bonds is 7. The summed E-state index contributed by atoms with van der Waals surface area (Å²) in [6, 6.07) is 4.14. The lowest BCUT2D eigenvalue weighted by Crippen LogP contribution is -2.11. The van der Waals surface area contributed by atoms with Crippen LogP contribution in [0.15, 0.2) is 18.2 Å². The zero-order valence-electron chi connectivity index (χ0n) is 10.3. The second-order valence-electron chi connectivity index (χ2n) is 4.32. The highest BCUT2D eigenvalue weighted by molar-refractivity contribution is 5.94. The monoisotopic (exact) mass is 255 g/mol. The fourth-order valence-electron chi connectivity index (χ4n) is 1.65. The maximum absolute atomic E-state index is 13.3. The van der Waals surface area contributed by atoms with Crippen molar-refractivity contribution in [1.29, 1.82) is 0 Å². The largest absolute Gasteiger partial charge is 0.478 e. The van der Waals surface area contributed by atoms with E-state index in [0.29, 0.717) is 12.2 Å². The van der Waals surface area contributed by atoms with E-state index in [0.717, 1.165) is 18.9 Å². The lowest BCUT2D eigenvalue weighted by molar-refractivity contribution is 0.0693. The second kappa shape index (κ2) is 6.96. The second-order valence-corrected chi connectivity index (χ2v) is 4.32. The van der Waals surface area contributed by atoms with Crippen molar-refractivity contribution in [3.8, 4) is 0 Å². The van der Waals surface area contributed by atoms with Gasteiger partial charge in [-0.3, -0.25) is 0 Å². The van der Waals surface area contributed by atoms with Gasteiger partial charge in [-0.2, -0.15) is 0 Å². The molecule has 100 valence electrons. The molecule has 1 unspecified atom stereocenters. The molecule has 1 atom stereocenters. The number of hydrogen-bond donors (Lipinski definition) is 3. The average Bonchev–Trinajstić information content (AvgIpc) is 2.33. The third-order valence-corrected chi connectivity index (χ3v) is 2.73. The molecule has 0 aliphatic heterocycles. The summed E-state index contributed by atoms with van der Waals surface area (Å²) in [6.45, 7) is 2.62. The Kier molecular flexibility index (Phi) is 5.58. The van der Waals surface area contributed by atoms with Crippen LogP contribution in [0, 0.1) is 11.7 Å². The van der Waals surface area contributed by atoms with Gasteiger partial charge in [-0.25, -0.2) is 9.18 Å². The van der Waals surface area contributed by atoms with Crippen molar-refractivity contribution in [3.63, 3.8) is 0 Å². The van der Waals surface area contributed by atoms with Crippen LogP contribution in [0.5, 0.6) is 0 Å². The first-order valence-corrected chi connectivity index (χ1v) is 5.92. The fraction of sp³-hybridized carbons (Fsp3) is 0.462. The summed E-state index contributed by atoms with van der Waals surface area (Å²) in [6.07, 6.45) is 1.62. The molecule has 0 fully saturated rings. The Balaban J connectivity index is 2.57. The standard InChI is InChI=1S/C13H18FNO3/c1-9(8-16)4-3-7-15-11-6-2-5-10(14)12(11)13(17)18/h2,5-6,9,15-16H,3-4,7-8H2,1H3,(H,17,18). The Morgan fingerprint density at radius 1 is 1.50 bits per heavy atom. The van der Waals surface area contributed by atoms with Crippen LogP contribution in [-0.2, 0) is 0 Å². The molecule has 4 nitrogen and oxygen atoms in total. The van der Waals surface area contributed by atoms with Gasteiger partial charge in [-0.1, -0.05) is 13.0 Å².